The number of nitrogens with zero attached hydrogens (tertiary/aromatic N) is 5. The number of rotatable bonds is 5. The van der Waals surface area contributed by atoms with E-state index in [9.17, 15) is 4.79 Å². The molecule has 0 unspecified atom stereocenters. The molecule has 1 amide bonds. The molecular formula is C13H19N7O. The van der Waals surface area contributed by atoms with Crippen LogP contribution in [0.25, 0.3) is 0 Å². The van der Waals surface area contributed by atoms with Gasteiger partial charge in [-0.25, -0.2) is 4.98 Å². The van der Waals surface area contributed by atoms with Gasteiger partial charge in [-0.2, -0.15) is 0 Å². The third kappa shape index (κ3) is 2.94. The average molecular weight is 289 g/mol. The molecule has 3 heterocycles. The largest absolute Gasteiger partial charge is 0.350 e. The molecule has 0 spiro atoms. The first-order valence-corrected chi connectivity index (χ1v) is 7.19. The molecule has 0 fully saturated rings. The second-order valence-corrected chi connectivity index (χ2v) is 4.95. The number of hydrogen-bond donors (Lipinski definition) is 2. The Kier molecular flexibility index (Phi) is 3.96. The molecule has 0 aromatic carbocycles. The van der Waals surface area contributed by atoms with Gasteiger partial charge in [0.05, 0.1) is 6.54 Å². The van der Waals surface area contributed by atoms with Crippen molar-refractivity contribution in [1.29, 1.82) is 0 Å². The van der Waals surface area contributed by atoms with E-state index >= 15 is 0 Å². The minimum atomic E-state index is -0.139. The number of amides is 1. The third-order valence-corrected chi connectivity index (χ3v) is 3.57. The number of carbonyl (C=O) groups is 1. The highest BCUT2D eigenvalue weighted by Gasteiger charge is 2.16. The van der Waals surface area contributed by atoms with Crippen molar-refractivity contribution < 1.29 is 4.79 Å². The van der Waals surface area contributed by atoms with E-state index in [4.69, 9.17) is 0 Å². The SMILES string of the molecule is CCn1cnnc1CCNC(=O)c1cn2c(n1)CNCC2. The lowest BCUT2D eigenvalue weighted by Gasteiger charge is -2.13. The molecule has 112 valence electrons. The molecule has 2 N–H and O–H groups in total. The predicted octanol–water partition coefficient (Wildman–Crippen LogP) is -0.430. The van der Waals surface area contributed by atoms with Crippen LogP contribution in [0, 0.1) is 0 Å². The Morgan fingerprint density at radius 2 is 2.43 bits per heavy atom. The molecule has 0 saturated heterocycles. The summed E-state index contributed by atoms with van der Waals surface area (Å²) < 4.78 is 3.99. The van der Waals surface area contributed by atoms with Crippen molar-refractivity contribution >= 4 is 5.91 Å². The summed E-state index contributed by atoms with van der Waals surface area (Å²) in [4.78, 5) is 16.5. The van der Waals surface area contributed by atoms with E-state index < -0.39 is 0 Å². The maximum atomic E-state index is 12.1. The Morgan fingerprint density at radius 1 is 1.52 bits per heavy atom. The van der Waals surface area contributed by atoms with Gasteiger partial charge < -0.3 is 19.8 Å². The Morgan fingerprint density at radius 3 is 3.24 bits per heavy atom. The monoisotopic (exact) mass is 289 g/mol. The molecule has 1 aliphatic heterocycles. The summed E-state index contributed by atoms with van der Waals surface area (Å²) in [5.41, 5.74) is 0.477. The minimum Gasteiger partial charge on any atom is -0.350 e. The number of aryl methyl sites for hydroxylation is 1. The fourth-order valence-corrected chi connectivity index (χ4v) is 2.41. The zero-order chi connectivity index (χ0) is 14.7. The van der Waals surface area contributed by atoms with Crippen LogP contribution < -0.4 is 10.6 Å². The van der Waals surface area contributed by atoms with E-state index in [1.54, 1.807) is 6.33 Å². The second kappa shape index (κ2) is 6.04. The number of carbonyl (C=O) groups excluding carboxylic acids is 1. The number of hydrogen-bond acceptors (Lipinski definition) is 5. The molecule has 0 aliphatic carbocycles. The van der Waals surface area contributed by atoms with Crippen molar-refractivity contribution in [3.8, 4) is 0 Å². The molecule has 0 atom stereocenters. The normalized spacial score (nSPS) is 14.0. The van der Waals surface area contributed by atoms with Gasteiger partial charge in [0.2, 0.25) is 0 Å². The molecule has 0 bridgehead atoms. The summed E-state index contributed by atoms with van der Waals surface area (Å²) in [6, 6.07) is 0. The molecule has 8 heteroatoms. The summed E-state index contributed by atoms with van der Waals surface area (Å²) in [7, 11) is 0. The Bertz CT molecular complexity index is 607. The van der Waals surface area contributed by atoms with Crippen LogP contribution in [0.2, 0.25) is 0 Å². The highest BCUT2D eigenvalue weighted by molar-refractivity contribution is 5.92. The quantitative estimate of drug-likeness (QED) is 0.779. The van der Waals surface area contributed by atoms with E-state index in [0.29, 0.717) is 25.2 Å². The molecule has 3 rings (SSSR count). The smallest absolute Gasteiger partial charge is 0.271 e. The van der Waals surface area contributed by atoms with Crippen molar-refractivity contribution in [2.45, 2.75) is 33.0 Å². The van der Waals surface area contributed by atoms with Crippen molar-refractivity contribution in [2.24, 2.45) is 0 Å². The highest BCUT2D eigenvalue weighted by atomic mass is 16.1. The fourth-order valence-electron chi connectivity index (χ4n) is 2.41. The Balaban J connectivity index is 1.55. The van der Waals surface area contributed by atoms with Crippen LogP contribution in [0.15, 0.2) is 12.5 Å². The lowest BCUT2D eigenvalue weighted by atomic mass is 10.3. The van der Waals surface area contributed by atoms with Gasteiger partial charge in [-0.15, -0.1) is 10.2 Å². The molecule has 0 radical (unpaired) electrons. The van der Waals surface area contributed by atoms with E-state index in [2.05, 4.69) is 25.8 Å². The number of fused-ring (bicyclic) bond motifs is 1. The molecule has 2 aromatic rings. The zero-order valence-electron chi connectivity index (χ0n) is 12.0. The van der Waals surface area contributed by atoms with Gasteiger partial charge in [0, 0.05) is 38.8 Å². The Labute approximate surface area is 122 Å². The van der Waals surface area contributed by atoms with E-state index in [-0.39, 0.29) is 5.91 Å². The summed E-state index contributed by atoms with van der Waals surface area (Å²) in [5, 5.41) is 14.0. The van der Waals surface area contributed by atoms with Gasteiger partial charge in [0.1, 0.15) is 23.7 Å². The van der Waals surface area contributed by atoms with Crippen LogP contribution in [0.1, 0.15) is 29.1 Å². The van der Waals surface area contributed by atoms with Gasteiger partial charge in [0.15, 0.2) is 0 Å². The van der Waals surface area contributed by atoms with Crippen LogP contribution >= 0.6 is 0 Å². The van der Waals surface area contributed by atoms with Crippen molar-refractivity contribution in [1.82, 2.24) is 34.9 Å². The van der Waals surface area contributed by atoms with Gasteiger partial charge in [-0.3, -0.25) is 4.79 Å². The van der Waals surface area contributed by atoms with E-state index in [0.717, 1.165) is 31.3 Å². The van der Waals surface area contributed by atoms with Crippen molar-refractivity contribution in [3.05, 3.63) is 29.9 Å². The van der Waals surface area contributed by atoms with Crippen LogP contribution in [-0.4, -0.2) is 43.3 Å². The van der Waals surface area contributed by atoms with Gasteiger partial charge >= 0.3 is 0 Å². The molecule has 21 heavy (non-hydrogen) atoms. The molecule has 1 aliphatic rings. The first-order valence-electron chi connectivity index (χ1n) is 7.19. The number of aromatic nitrogens is 5. The number of imidazole rings is 1. The second-order valence-electron chi connectivity index (χ2n) is 4.95. The van der Waals surface area contributed by atoms with E-state index in [1.165, 1.54) is 0 Å². The van der Waals surface area contributed by atoms with E-state index in [1.807, 2.05) is 22.3 Å². The fraction of sp³-hybridized carbons (Fsp3) is 0.538. The lowest BCUT2D eigenvalue weighted by molar-refractivity contribution is 0.0949. The summed E-state index contributed by atoms with van der Waals surface area (Å²) in [6.45, 7) is 5.88. The highest BCUT2D eigenvalue weighted by Crippen LogP contribution is 2.06. The van der Waals surface area contributed by atoms with Crippen LogP contribution in [-0.2, 0) is 26.1 Å². The van der Waals surface area contributed by atoms with Crippen LogP contribution in [0.3, 0.4) is 0 Å². The minimum absolute atomic E-state index is 0.139. The molecular weight excluding hydrogens is 270 g/mol. The topological polar surface area (TPSA) is 89.7 Å². The molecule has 8 nitrogen and oxygen atoms in total. The number of nitrogens with one attached hydrogen (secondary N) is 2. The summed E-state index contributed by atoms with van der Waals surface area (Å²) >= 11 is 0. The van der Waals surface area contributed by atoms with Gasteiger partial charge in [-0.05, 0) is 6.92 Å². The lowest BCUT2D eigenvalue weighted by Crippen LogP contribution is -2.27. The van der Waals surface area contributed by atoms with Crippen molar-refractivity contribution in [2.75, 3.05) is 13.1 Å². The zero-order valence-corrected chi connectivity index (χ0v) is 12.0. The standard InChI is InChI=1S/C13H19N7O/c1-2-19-9-16-18-11(19)3-4-15-13(21)10-8-20-6-5-14-7-12(20)17-10/h8-9,14H,2-7H2,1H3,(H,15,21). The Hall–Kier alpha value is -2.22. The van der Waals surface area contributed by atoms with Crippen LogP contribution in [0.4, 0.5) is 0 Å². The summed E-state index contributed by atoms with van der Waals surface area (Å²) in [6.07, 6.45) is 4.18. The maximum absolute atomic E-state index is 12.1. The van der Waals surface area contributed by atoms with Gasteiger partial charge in [-0.1, -0.05) is 0 Å². The van der Waals surface area contributed by atoms with Gasteiger partial charge in [0.25, 0.3) is 5.91 Å². The predicted molar refractivity (Wildman–Crippen MR) is 75.7 cm³/mol. The first kappa shape index (κ1) is 13.7. The van der Waals surface area contributed by atoms with Crippen molar-refractivity contribution in [3.63, 3.8) is 0 Å². The summed E-state index contributed by atoms with van der Waals surface area (Å²) in [5.74, 6) is 1.66. The maximum Gasteiger partial charge on any atom is 0.271 e. The average Bonchev–Trinajstić information content (AvgIpc) is 3.13. The van der Waals surface area contributed by atoms with Crippen LogP contribution in [0.5, 0.6) is 0 Å². The molecule has 2 aromatic heterocycles. The molecule has 0 saturated carbocycles. The third-order valence-electron chi connectivity index (χ3n) is 3.57. The first-order chi connectivity index (χ1) is 10.3.